The second-order valence-electron chi connectivity index (χ2n) is 7.75. The third kappa shape index (κ3) is 11.7. The highest BCUT2D eigenvalue weighted by Gasteiger charge is 2.17. The minimum atomic E-state index is -0.498. The van der Waals surface area contributed by atoms with Gasteiger partial charge in [-0.25, -0.2) is 18.7 Å². The largest absolute Gasteiger partial charge is 1.00 e. The van der Waals surface area contributed by atoms with Crippen LogP contribution >= 0.6 is 0 Å². The van der Waals surface area contributed by atoms with Crippen LogP contribution in [0.4, 0.5) is 9.59 Å². The van der Waals surface area contributed by atoms with E-state index in [0.717, 1.165) is 0 Å². The van der Waals surface area contributed by atoms with Crippen LogP contribution in [0, 0.1) is 0 Å². The predicted octanol–water partition coefficient (Wildman–Crippen LogP) is -1.17. The van der Waals surface area contributed by atoms with E-state index >= 15 is 0 Å². The van der Waals surface area contributed by atoms with Crippen LogP contribution in [-0.2, 0) is 22.6 Å². The van der Waals surface area contributed by atoms with E-state index in [9.17, 15) is 9.59 Å². The molecule has 0 aliphatic heterocycles. The third-order valence-corrected chi connectivity index (χ3v) is 2.82. The zero-order valence-electron chi connectivity index (χ0n) is 16.5. The summed E-state index contributed by atoms with van der Waals surface area (Å²) < 4.78 is 14.2. The highest BCUT2D eigenvalue weighted by atomic mass is 79.9. The number of imidazole rings is 1. The highest BCUT2D eigenvalue weighted by molar-refractivity contribution is 5.67. The van der Waals surface area contributed by atoms with Crippen LogP contribution < -0.4 is 32.2 Å². The van der Waals surface area contributed by atoms with E-state index in [0.29, 0.717) is 26.2 Å². The van der Waals surface area contributed by atoms with Gasteiger partial charge in [0.05, 0.1) is 13.1 Å². The Labute approximate surface area is 166 Å². The normalized spacial score (nSPS) is 11.3. The Bertz CT molecular complexity index is 528. The standard InChI is InChI=1S/C17H30N4O4.BrH/c1-16(2,3)24-14(22)18-7-9-20-11-12-21(13-20)10-8-19-15(23)25-17(4,5)6;/h11-13H,7-10H2,1-6H3,(H-,18,19,22,23);1H. The molecule has 2 N–H and O–H groups in total. The lowest BCUT2D eigenvalue weighted by Gasteiger charge is -2.19. The van der Waals surface area contributed by atoms with Crippen molar-refractivity contribution < 1.29 is 40.6 Å². The van der Waals surface area contributed by atoms with Gasteiger partial charge in [-0.1, -0.05) is 0 Å². The van der Waals surface area contributed by atoms with Gasteiger partial charge in [0.15, 0.2) is 0 Å². The molecule has 0 aromatic carbocycles. The minimum Gasteiger partial charge on any atom is -1.00 e. The van der Waals surface area contributed by atoms with Crippen LogP contribution in [0.5, 0.6) is 0 Å². The first kappa shape index (κ1) is 24.2. The fraction of sp³-hybridized carbons (Fsp3) is 0.706. The number of amides is 2. The molecule has 0 aliphatic rings. The first-order valence-corrected chi connectivity index (χ1v) is 8.43. The number of rotatable bonds is 6. The van der Waals surface area contributed by atoms with Crippen LogP contribution in [0.3, 0.4) is 0 Å². The molecule has 0 atom stereocenters. The highest BCUT2D eigenvalue weighted by Crippen LogP contribution is 2.06. The number of hydrogen-bond acceptors (Lipinski definition) is 4. The van der Waals surface area contributed by atoms with Crippen molar-refractivity contribution in [1.29, 1.82) is 0 Å². The molecule has 26 heavy (non-hydrogen) atoms. The van der Waals surface area contributed by atoms with Gasteiger partial charge in [0.25, 0.3) is 0 Å². The van der Waals surface area contributed by atoms with E-state index in [-0.39, 0.29) is 17.0 Å². The topological polar surface area (TPSA) is 85.5 Å². The van der Waals surface area contributed by atoms with E-state index < -0.39 is 23.4 Å². The Hall–Kier alpha value is -1.77. The van der Waals surface area contributed by atoms with Crippen molar-refractivity contribution in [3.63, 3.8) is 0 Å². The molecule has 0 saturated carbocycles. The van der Waals surface area contributed by atoms with Crippen molar-refractivity contribution in [2.75, 3.05) is 13.1 Å². The summed E-state index contributed by atoms with van der Waals surface area (Å²) in [5, 5.41) is 5.42. The lowest BCUT2D eigenvalue weighted by Crippen LogP contribution is -3.00. The Kier molecular flexibility index (Phi) is 9.69. The maximum absolute atomic E-state index is 11.6. The molecule has 9 heteroatoms. The van der Waals surface area contributed by atoms with Crippen molar-refractivity contribution >= 4 is 12.2 Å². The number of nitrogens with zero attached hydrogens (tertiary/aromatic N) is 2. The van der Waals surface area contributed by atoms with Crippen LogP contribution in [0.2, 0.25) is 0 Å². The molecule has 2 amide bonds. The maximum atomic E-state index is 11.6. The number of ether oxygens (including phenoxy) is 2. The van der Waals surface area contributed by atoms with Crippen LogP contribution in [0.15, 0.2) is 18.7 Å². The molecule has 1 heterocycles. The van der Waals surface area contributed by atoms with Crippen molar-refractivity contribution in [2.45, 2.75) is 65.8 Å². The van der Waals surface area contributed by atoms with E-state index in [2.05, 4.69) is 10.6 Å². The number of alkyl carbamates (subject to hydrolysis) is 2. The summed E-state index contributed by atoms with van der Waals surface area (Å²) in [5.74, 6) is 0. The number of aromatic nitrogens is 2. The van der Waals surface area contributed by atoms with Crippen molar-refractivity contribution in [2.24, 2.45) is 0 Å². The van der Waals surface area contributed by atoms with Gasteiger partial charge in [-0.15, -0.1) is 0 Å². The summed E-state index contributed by atoms with van der Waals surface area (Å²) in [4.78, 5) is 23.1. The average Bonchev–Trinajstić information content (AvgIpc) is 2.82. The lowest BCUT2D eigenvalue weighted by atomic mass is 10.2. The average molecular weight is 435 g/mol. The second kappa shape index (κ2) is 10.4. The van der Waals surface area contributed by atoms with E-state index in [1.54, 1.807) is 0 Å². The zero-order valence-corrected chi connectivity index (χ0v) is 18.1. The van der Waals surface area contributed by atoms with E-state index in [1.165, 1.54) is 0 Å². The molecule has 0 unspecified atom stereocenters. The van der Waals surface area contributed by atoms with Crippen molar-refractivity contribution in [3.8, 4) is 0 Å². The predicted molar refractivity (Wildman–Crippen MR) is 93.1 cm³/mol. The molecule has 0 fully saturated rings. The molecule has 0 saturated heterocycles. The summed E-state index contributed by atoms with van der Waals surface area (Å²) in [6.45, 7) is 13.2. The van der Waals surface area contributed by atoms with Crippen LogP contribution in [-0.4, -0.2) is 41.0 Å². The molecule has 1 aromatic rings. The monoisotopic (exact) mass is 434 g/mol. The molecule has 0 bridgehead atoms. The molecular formula is C17H31BrN4O4. The van der Waals surface area contributed by atoms with E-state index in [4.69, 9.17) is 9.47 Å². The molecule has 0 radical (unpaired) electrons. The summed E-state index contributed by atoms with van der Waals surface area (Å²) in [7, 11) is 0. The van der Waals surface area contributed by atoms with Crippen molar-refractivity contribution in [3.05, 3.63) is 18.7 Å². The van der Waals surface area contributed by atoms with E-state index in [1.807, 2.05) is 69.4 Å². The maximum Gasteiger partial charge on any atom is 0.407 e. The summed E-state index contributed by atoms with van der Waals surface area (Å²) in [6.07, 6.45) is 4.88. The van der Waals surface area contributed by atoms with Crippen LogP contribution in [0.25, 0.3) is 0 Å². The molecular weight excluding hydrogens is 404 g/mol. The molecule has 0 aliphatic carbocycles. The van der Waals surface area contributed by atoms with Gasteiger partial charge < -0.3 is 37.1 Å². The SMILES string of the molecule is CC(C)(C)OC(=O)NCCn1cc[n+](CCNC(=O)OC(C)(C)C)c1.[Br-]. The number of hydrogen-bond donors (Lipinski definition) is 2. The van der Waals surface area contributed by atoms with Crippen LogP contribution in [0.1, 0.15) is 41.5 Å². The fourth-order valence-corrected chi connectivity index (χ4v) is 1.91. The second-order valence-corrected chi connectivity index (χ2v) is 7.75. The summed E-state index contributed by atoms with van der Waals surface area (Å²) in [6, 6.07) is 0. The molecule has 0 spiro atoms. The van der Waals surface area contributed by atoms with Gasteiger partial charge in [0.1, 0.15) is 36.7 Å². The van der Waals surface area contributed by atoms with Gasteiger partial charge in [-0.2, -0.15) is 0 Å². The molecule has 8 nitrogen and oxygen atoms in total. The minimum absolute atomic E-state index is 0. The number of carbonyl (C=O) groups excluding carboxylic acids is 2. The van der Waals surface area contributed by atoms with Gasteiger partial charge in [0.2, 0.25) is 6.33 Å². The van der Waals surface area contributed by atoms with Gasteiger partial charge in [-0.05, 0) is 41.5 Å². The zero-order chi connectivity index (χ0) is 19.1. The molecule has 1 rings (SSSR count). The quantitative estimate of drug-likeness (QED) is 0.552. The Morgan fingerprint density at radius 2 is 1.46 bits per heavy atom. The molecule has 1 aromatic heterocycles. The Balaban J connectivity index is 0.00000625. The third-order valence-electron chi connectivity index (χ3n) is 2.82. The van der Waals surface area contributed by atoms with Gasteiger partial charge in [-0.3, -0.25) is 0 Å². The fourth-order valence-electron chi connectivity index (χ4n) is 1.91. The van der Waals surface area contributed by atoms with Gasteiger partial charge in [0, 0.05) is 0 Å². The van der Waals surface area contributed by atoms with Gasteiger partial charge >= 0.3 is 12.2 Å². The lowest BCUT2D eigenvalue weighted by molar-refractivity contribution is -0.694. The Morgan fingerprint density at radius 3 is 1.96 bits per heavy atom. The Morgan fingerprint density at radius 1 is 0.962 bits per heavy atom. The summed E-state index contributed by atoms with van der Waals surface area (Å²) >= 11 is 0. The number of carbonyl (C=O) groups is 2. The number of halogens is 1. The number of nitrogens with one attached hydrogen (secondary N) is 2. The summed E-state index contributed by atoms with van der Waals surface area (Å²) in [5.41, 5.74) is -0.997. The smallest absolute Gasteiger partial charge is 0.407 e. The first-order chi connectivity index (χ1) is 11.4. The first-order valence-electron chi connectivity index (χ1n) is 8.43. The van der Waals surface area contributed by atoms with Crippen molar-refractivity contribution in [1.82, 2.24) is 15.2 Å². The molecule has 150 valence electrons.